The van der Waals surface area contributed by atoms with Crippen molar-refractivity contribution in [2.45, 2.75) is 19.5 Å². The van der Waals surface area contributed by atoms with E-state index in [0.717, 1.165) is 0 Å². The van der Waals surface area contributed by atoms with E-state index in [1.807, 2.05) is 19.1 Å². The molecule has 0 aromatic rings. The number of hydrogen-bond donors (Lipinski definition) is 3. The molecule has 0 saturated heterocycles. The van der Waals surface area contributed by atoms with Crippen molar-refractivity contribution in [3.8, 4) is 0 Å². The lowest BCUT2D eigenvalue weighted by Gasteiger charge is -2.19. The monoisotopic (exact) mass is 239 g/mol. The quantitative estimate of drug-likeness (QED) is 0.164. The molecule has 0 bridgehead atoms. The molecule has 94 valence electrons. The van der Waals surface area contributed by atoms with Gasteiger partial charge in [-0.25, -0.2) is 0 Å². The zero-order chi connectivity index (χ0) is 12.6. The summed E-state index contributed by atoms with van der Waals surface area (Å²) in [5, 5.41) is 13.2. The fourth-order valence-corrected chi connectivity index (χ4v) is 1.06. The normalized spacial score (nSPS) is 15.6. The summed E-state index contributed by atoms with van der Waals surface area (Å²) in [7, 11) is 0. The highest BCUT2D eigenvalue weighted by Crippen LogP contribution is 2.25. The summed E-state index contributed by atoms with van der Waals surface area (Å²) in [6.45, 7) is 1.85. The molecule has 0 radical (unpaired) electrons. The van der Waals surface area contributed by atoms with Crippen molar-refractivity contribution >= 4 is 5.84 Å². The molecule has 0 fully saturated rings. The van der Waals surface area contributed by atoms with Gasteiger partial charge < -0.3 is 16.3 Å². The maximum Gasteiger partial charge on any atom is 0.400 e. The van der Waals surface area contributed by atoms with Gasteiger partial charge in [0.25, 0.3) is 0 Å². The molecule has 16 heavy (non-hydrogen) atoms. The van der Waals surface area contributed by atoms with E-state index >= 15 is 0 Å². The Morgan fingerprint density at radius 3 is 2.62 bits per heavy atom. The number of rotatable bonds is 6. The summed E-state index contributed by atoms with van der Waals surface area (Å²) in [6.07, 6.45) is -0.229. The van der Waals surface area contributed by atoms with Crippen LogP contribution in [0.2, 0.25) is 0 Å². The second-order valence-electron chi connectivity index (χ2n) is 3.18. The highest BCUT2D eigenvalue weighted by Gasteiger charge is 2.42. The zero-order valence-corrected chi connectivity index (χ0v) is 8.96. The van der Waals surface area contributed by atoms with Crippen LogP contribution in [-0.4, -0.2) is 30.3 Å². The highest BCUT2D eigenvalue weighted by atomic mass is 19.4. The van der Waals surface area contributed by atoms with E-state index in [1.165, 1.54) is 0 Å². The van der Waals surface area contributed by atoms with E-state index in [4.69, 9.17) is 10.9 Å². The minimum Gasteiger partial charge on any atom is -0.409 e. The van der Waals surface area contributed by atoms with Crippen molar-refractivity contribution in [1.29, 1.82) is 0 Å². The summed E-state index contributed by atoms with van der Waals surface area (Å²) in [5.41, 5.74) is 4.97. The molecule has 0 aromatic heterocycles. The predicted molar refractivity (Wildman–Crippen MR) is 55.3 cm³/mol. The van der Waals surface area contributed by atoms with Crippen molar-refractivity contribution in [2.24, 2.45) is 16.8 Å². The zero-order valence-electron chi connectivity index (χ0n) is 8.96. The second kappa shape index (κ2) is 7.10. The fourth-order valence-electron chi connectivity index (χ4n) is 1.06. The van der Waals surface area contributed by atoms with Gasteiger partial charge in [-0.2, -0.15) is 13.2 Å². The van der Waals surface area contributed by atoms with Crippen LogP contribution in [0.5, 0.6) is 0 Å². The van der Waals surface area contributed by atoms with Crippen molar-refractivity contribution in [3.05, 3.63) is 12.2 Å². The van der Waals surface area contributed by atoms with Gasteiger partial charge in [-0.3, -0.25) is 0 Å². The topological polar surface area (TPSA) is 70.6 Å². The van der Waals surface area contributed by atoms with Crippen molar-refractivity contribution in [2.75, 3.05) is 13.1 Å². The van der Waals surface area contributed by atoms with Gasteiger partial charge in [-0.1, -0.05) is 17.3 Å². The number of oxime groups is 1. The number of nitrogens with two attached hydrogens (primary N) is 1. The number of hydrogen-bond acceptors (Lipinski definition) is 3. The van der Waals surface area contributed by atoms with Crippen molar-refractivity contribution in [1.82, 2.24) is 5.32 Å². The van der Waals surface area contributed by atoms with Gasteiger partial charge in [0.1, 0.15) is 5.92 Å². The predicted octanol–water partition coefficient (Wildman–Crippen LogP) is 1.47. The van der Waals surface area contributed by atoms with Gasteiger partial charge in [-0.15, -0.1) is 0 Å². The molecule has 0 aliphatic rings. The number of nitrogens with zero attached hydrogens (tertiary/aromatic N) is 1. The lowest BCUT2D eigenvalue weighted by molar-refractivity contribution is -0.154. The maximum absolute atomic E-state index is 12.4. The van der Waals surface area contributed by atoms with Gasteiger partial charge in [0.15, 0.2) is 5.84 Å². The van der Waals surface area contributed by atoms with Crippen LogP contribution in [0.25, 0.3) is 0 Å². The van der Waals surface area contributed by atoms with Gasteiger partial charge in [-0.05, 0) is 19.9 Å². The molecule has 0 aromatic carbocycles. The Morgan fingerprint density at radius 2 is 2.19 bits per heavy atom. The van der Waals surface area contributed by atoms with Crippen molar-refractivity contribution in [3.63, 3.8) is 0 Å². The molecule has 4 N–H and O–H groups in total. The maximum atomic E-state index is 12.4. The first-order valence-electron chi connectivity index (χ1n) is 4.79. The smallest absolute Gasteiger partial charge is 0.400 e. The van der Waals surface area contributed by atoms with Crippen LogP contribution in [0.4, 0.5) is 13.2 Å². The van der Waals surface area contributed by atoms with E-state index in [0.29, 0.717) is 13.0 Å². The van der Waals surface area contributed by atoms with E-state index in [-0.39, 0.29) is 0 Å². The molecule has 1 unspecified atom stereocenters. The number of nitrogens with one attached hydrogen (secondary N) is 1. The molecule has 0 aliphatic heterocycles. The number of halogens is 3. The van der Waals surface area contributed by atoms with E-state index in [1.54, 1.807) is 0 Å². The summed E-state index contributed by atoms with van der Waals surface area (Å²) in [5.74, 6) is -2.78. The van der Waals surface area contributed by atoms with Crippen LogP contribution < -0.4 is 11.1 Å². The average molecular weight is 239 g/mol. The summed E-state index contributed by atoms with van der Waals surface area (Å²) < 4.78 is 37.2. The molecule has 0 amide bonds. The first kappa shape index (κ1) is 14.8. The third-order valence-corrected chi connectivity index (χ3v) is 1.94. The summed E-state index contributed by atoms with van der Waals surface area (Å²) >= 11 is 0. The molecule has 0 saturated carbocycles. The van der Waals surface area contributed by atoms with Crippen LogP contribution in [-0.2, 0) is 0 Å². The van der Waals surface area contributed by atoms with E-state index in [2.05, 4.69) is 10.5 Å². The Balaban J connectivity index is 4.15. The largest absolute Gasteiger partial charge is 0.409 e. The average Bonchev–Trinajstić information content (AvgIpc) is 2.20. The Labute approximate surface area is 92.0 Å². The van der Waals surface area contributed by atoms with Crippen LogP contribution >= 0.6 is 0 Å². The summed E-state index contributed by atoms with van der Waals surface area (Å²) in [6, 6.07) is 0. The molecular formula is C9H16F3N3O. The molecule has 1 atom stereocenters. The minimum absolute atomic E-state index is 0.392. The molecule has 7 heteroatoms. The van der Waals surface area contributed by atoms with Crippen LogP contribution in [0.15, 0.2) is 17.3 Å². The third kappa shape index (κ3) is 5.59. The molecule has 0 spiro atoms. The third-order valence-electron chi connectivity index (χ3n) is 1.94. The number of amidine groups is 1. The van der Waals surface area contributed by atoms with Gasteiger partial charge in [0.2, 0.25) is 0 Å². The van der Waals surface area contributed by atoms with E-state index in [9.17, 15) is 13.2 Å². The minimum atomic E-state index is -4.51. The van der Waals surface area contributed by atoms with Crippen LogP contribution in [0.3, 0.4) is 0 Å². The highest BCUT2D eigenvalue weighted by molar-refractivity contribution is 5.83. The number of alkyl halides is 3. The van der Waals surface area contributed by atoms with Crippen LogP contribution in [0, 0.1) is 5.92 Å². The molecule has 0 aliphatic carbocycles. The molecule has 0 rings (SSSR count). The number of allylic oxidation sites excluding steroid dienone is 1. The second-order valence-corrected chi connectivity index (χ2v) is 3.18. The Bertz CT molecular complexity index is 251. The molecular weight excluding hydrogens is 223 g/mol. The summed E-state index contributed by atoms with van der Waals surface area (Å²) in [4.78, 5) is 0. The lowest BCUT2D eigenvalue weighted by Crippen LogP contribution is -2.43. The fraction of sp³-hybridized carbons (Fsp3) is 0.667. The lowest BCUT2D eigenvalue weighted by atomic mass is 10.1. The van der Waals surface area contributed by atoms with Gasteiger partial charge in [0.05, 0.1) is 0 Å². The Hall–Kier alpha value is -1.24. The first-order valence-corrected chi connectivity index (χ1v) is 4.79. The molecule has 0 heterocycles. The van der Waals surface area contributed by atoms with Gasteiger partial charge >= 0.3 is 6.18 Å². The van der Waals surface area contributed by atoms with Crippen LogP contribution in [0.1, 0.15) is 13.3 Å². The Kier molecular flexibility index (Phi) is 6.55. The van der Waals surface area contributed by atoms with Crippen molar-refractivity contribution < 1.29 is 18.4 Å². The SMILES string of the molecule is C/C=C/CCNCC(/C(N)=N/O)C(F)(F)F. The van der Waals surface area contributed by atoms with Gasteiger partial charge in [0, 0.05) is 6.54 Å². The van der Waals surface area contributed by atoms with E-state index < -0.39 is 24.5 Å². The Morgan fingerprint density at radius 1 is 1.56 bits per heavy atom. The molecule has 4 nitrogen and oxygen atoms in total. The standard InChI is InChI=1S/C9H16F3N3O/c1-2-3-4-5-14-6-7(8(13)15-16)9(10,11)12/h2-3,7,14,16H,4-6H2,1H3,(H2,13,15)/b3-2+. The first-order chi connectivity index (χ1) is 7.43.